The summed E-state index contributed by atoms with van der Waals surface area (Å²) in [5.74, 6) is -4.36. The average molecular weight is 778 g/mol. The van der Waals surface area contributed by atoms with Crippen LogP contribution in [0.4, 0.5) is 4.39 Å². The maximum Gasteiger partial charge on any atom is 0.326 e. The van der Waals surface area contributed by atoms with Gasteiger partial charge in [-0.1, -0.05) is 80.0 Å². The molecule has 4 N–H and O–H groups in total. The molecule has 0 radical (unpaired) electrons. The SMILES string of the molecule is CCC(C)C([C@@H](CC(=O)N1C(C)[C@@H](C)C[C@H]1[C@H](OC)[C@@H](C)C(=O)NC(Cc1ccccc1F)C(=O)O)OC)N(C)C(=O)[C@@H](NC(=O)[C@@H](NC)C(C)C)C(C)C. The number of methoxy groups -OCH3 is 2. The summed E-state index contributed by atoms with van der Waals surface area (Å²) >= 11 is 0. The zero-order chi connectivity index (χ0) is 41.9. The molecule has 0 aromatic heterocycles. The highest BCUT2D eigenvalue weighted by Crippen LogP contribution is 2.36. The first-order chi connectivity index (χ1) is 25.8. The first-order valence-electron chi connectivity index (χ1n) is 19.6. The minimum Gasteiger partial charge on any atom is -0.480 e. The molecule has 1 aromatic carbocycles. The van der Waals surface area contributed by atoms with Gasteiger partial charge in [0.2, 0.25) is 23.6 Å². The van der Waals surface area contributed by atoms with Crippen LogP contribution in [0.5, 0.6) is 0 Å². The molecule has 1 aliphatic rings. The second-order valence-electron chi connectivity index (χ2n) is 16.1. The number of carbonyl (C=O) groups excluding carboxylic acids is 4. The van der Waals surface area contributed by atoms with Crippen LogP contribution in [0.2, 0.25) is 0 Å². The zero-order valence-electron chi connectivity index (χ0n) is 35.2. The molecule has 4 unspecified atom stereocenters. The summed E-state index contributed by atoms with van der Waals surface area (Å²) in [5, 5.41) is 18.5. The molecule has 0 saturated carbocycles. The number of amides is 4. The van der Waals surface area contributed by atoms with Crippen molar-refractivity contribution in [2.24, 2.45) is 29.6 Å². The van der Waals surface area contributed by atoms with Crippen LogP contribution in [0.1, 0.15) is 87.1 Å². The van der Waals surface area contributed by atoms with E-state index in [0.29, 0.717) is 12.8 Å². The lowest BCUT2D eigenvalue weighted by Gasteiger charge is -2.41. The number of likely N-dealkylation sites (N-methyl/N-ethyl adjacent to an activating group) is 2. The largest absolute Gasteiger partial charge is 0.480 e. The van der Waals surface area contributed by atoms with E-state index in [-0.39, 0.29) is 65.8 Å². The van der Waals surface area contributed by atoms with Crippen LogP contribution in [0.3, 0.4) is 0 Å². The normalized spacial score (nSPS) is 21.6. The second kappa shape index (κ2) is 21.6. The third kappa shape index (κ3) is 11.9. The van der Waals surface area contributed by atoms with Crippen LogP contribution in [0, 0.1) is 35.4 Å². The Morgan fingerprint density at radius 3 is 2.04 bits per heavy atom. The molecule has 312 valence electrons. The molecule has 4 amide bonds. The van der Waals surface area contributed by atoms with E-state index < -0.39 is 66.0 Å². The van der Waals surface area contributed by atoms with Gasteiger partial charge in [-0.25, -0.2) is 9.18 Å². The lowest BCUT2D eigenvalue weighted by molar-refractivity contribution is -0.149. The predicted molar refractivity (Wildman–Crippen MR) is 209 cm³/mol. The van der Waals surface area contributed by atoms with Gasteiger partial charge in [0.25, 0.3) is 0 Å². The number of halogens is 1. The van der Waals surface area contributed by atoms with E-state index in [1.807, 2.05) is 55.4 Å². The van der Waals surface area contributed by atoms with Crippen molar-refractivity contribution in [2.75, 3.05) is 28.3 Å². The quantitative estimate of drug-likeness (QED) is 0.145. The summed E-state index contributed by atoms with van der Waals surface area (Å²) in [5.41, 5.74) is 0.162. The smallest absolute Gasteiger partial charge is 0.326 e. The fraction of sp³-hybridized carbons (Fsp3) is 0.732. The van der Waals surface area contributed by atoms with Gasteiger partial charge in [0.05, 0.1) is 42.7 Å². The monoisotopic (exact) mass is 778 g/mol. The third-order valence-corrected chi connectivity index (χ3v) is 11.6. The summed E-state index contributed by atoms with van der Waals surface area (Å²) in [6.07, 6.45) is -0.586. The van der Waals surface area contributed by atoms with Crippen molar-refractivity contribution < 1.29 is 42.9 Å². The van der Waals surface area contributed by atoms with Gasteiger partial charge in [0, 0.05) is 33.7 Å². The molecule has 0 bridgehead atoms. The van der Waals surface area contributed by atoms with Crippen LogP contribution >= 0.6 is 0 Å². The zero-order valence-corrected chi connectivity index (χ0v) is 35.2. The number of rotatable bonds is 21. The van der Waals surface area contributed by atoms with E-state index in [0.717, 1.165) is 0 Å². The van der Waals surface area contributed by atoms with E-state index in [9.17, 15) is 33.5 Å². The Morgan fingerprint density at radius 1 is 0.945 bits per heavy atom. The second-order valence-corrected chi connectivity index (χ2v) is 16.1. The first-order valence-corrected chi connectivity index (χ1v) is 19.6. The number of carboxylic acids is 1. The Kier molecular flexibility index (Phi) is 18.7. The van der Waals surface area contributed by atoms with E-state index in [1.54, 1.807) is 36.9 Å². The number of ether oxygens (including phenoxy) is 2. The molecule has 1 aromatic rings. The molecule has 1 fully saturated rings. The van der Waals surface area contributed by atoms with Crippen LogP contribution in [0.25, 0.3) is 0 Å². The van der Waals surface area contributed by atoms with Gasteiger partial charge >= 0.3 is 5.97 Å². The third-order valence-electron chi connectivity index (χ3n) is 11.6. The molecule has 13 nitrogen and oxygen atoms in total. The Bertz CT molecular complexity index is 1440. The topological polar surface area (TPSA) is 167 Å². The average Bonchev–Trinajstić information content (AvgIpc) is 3.42. The molecule has 1 heterocycles. The molecular weight excluding hydrogens is 709 g/mol. The minimum atomic E-state index is -1.38. The molecule has 14 heteroatoms. The Balaban J connectivity index is 2.37. The summed E-state index contributed by atoms with van der Waals surface area (Å²) in [4.78, 5) is 71.0. The highest BCUT2D eigenvalue weighted by Gasteiger charge is 2.47. The van der Waals surface area contributed by atoms with Gasteiger partial charge < -0.3 is 40.3 Å². The number of carbonyl (C=O) groups is 5. The van der Waals surface area contributed by atoms with E-state index in [4.69, 9.17) is 9.47 Å². The van der Waals surface area contributed by atoms with Crippen LogP contribution in [-0.2, 0) is 39.9 Å². The van der Waals surface area contributed by atoms with Crippen molar-refractivity contribution >= 4 is 29.6 Å². The molecular formula is C41H68FN5O8. The molecule has 2 rings (SSSR count). The fourth-order valence-corrected chi connectivity index (χ4v) is 7.95. The van der Waals surface area contributed by atoms with Crippen molar-refractivity contribution in [3.05, 3.63) is 35.6 Å². The lowest BCUT2D eigenvalue weighted by Crippen LogP contribution is -2.60. The van der Waals surface area contributed by atoms with Crippen molar-refractivity contribution in [1.29, 1.82) is 0 Å². The van der Waals surface area contributed by atoms with Crippen LogP contribution < -0.4 is 16.0 Å². The maximum atomic E-state index is 14.5. The summed E-state index contributed by atoms with van der Waals surface area (Å²) in [6, 6.07) is 1.88. The number of hydrogen-bond acceptors (Lipinski definition) is 8. The maximum absolute atomic E-state index is 14.5. The molecule has 1 saturated heterocycles. The van der Waals surface area contributed by atoms with Crippen LogP contribution in [-0.4, -0.2) is 121 Å². The van der Waals surface area contributed by atoms with Crippen molar-refractivity contribution in [2.45, 2.75) is 136 Å². The molecule has 0 aliphatic carbocycles. The van der Waals surface area contributed by atoms with E-state index >= 15 is 0 Å². The molecule has 1 aliphatic heterocycles. The Morgan fingerprint density at radius 2 is 1.55 bits per heavy atom. The van der Waals surface area contributed by atoms with Gasteiger partial charge in [-0.15, -0.1) is 0 Å². The number of carboxylic acid groups (broad SMARTS) is 1. The van der Waals surface area contributed by atoms with Crippen LogP contribution in [0.15, 0.2) is 24.3 Å². The highest BCUT2D eigenvalue weighted by atomic mass is 19.1. The standard InChI is InChI=1S/C41H68FN5O8/c1-14-24(6)36(46(11)40(51)35(23(4)5)45-39(50)34(43-10)22(2)3)32(54-12)21-33(48)47-27(9)25(7)19-31(47)37(55-13)26(8)38(49)44-30(41(52)53)20-28-17-15-16-18-29(28)42/h15-18,22-27,30-32,34-37,43H,14,19-21H2,1-13H3,(H,44,49)(H,45,50)(H,52,53)/t24?,25-,26+,27?,30?,31-,32+,34-,35-,36?,37+/m0/s1. The number of likely N-dealkylation sites (tertiary alicyclic amines) is 1. The van der Waals surface area contributed by atoms with Crippen molar-refractivity contribution in [1.82, 2.24) is 25.8 Å². The lowest BCUT2D eigenvalue weighted by atomic mass is 9.89. The van der Waals surface area contributed by atoms with Gasteiger partial charge in [0.1, 0.15) is 17.9 Å². The Hall–Kier alpha value is -3.62. The number of benzene rings is 1. The number of aliphatic carboxylic acids is 1. The summed E-state index contributed by atoms with van der Waals surface area (Å²) in [6.45, 7) is 17.2. The fourth-order valence-electron chi connectivity index (χ4n) is 7.95. The molecule has 55 heavy (non-hydrogen) atoms. The summed E-state index contributed by atoms with van der Waals surface area (Å²) in [7, 11) is 6.38. The summed E-state index contributed by atoms with van der Waals surface area (Å²) < 4.78 is 26.3. The van der Waals surface area contributed by atoms with Gasteiger partial charge in [-0.2, -0.15) is 0 Å². The number of nitrogens with one attached hydrogen (secondary N) is 3. The number of nitrogens with zero attached hydrogens (tertiary/aromatic N) is 2. The molecule has 11 atom stereocenters. The highest BCUT2D eigenvalue weighted by molar-refractivity contribution is 5.90. The Labute approximate surface area is 327 Å². The van der Waals surface area contributed by atoms with E-state index in [1.165, 1.54) is 32.4 Å². The van der Waals surface area contributed by atoms with Gasteiger partial charge in [-0.3, -0.25) is 19.2 Å². The van der Waals surface area contributed by atoms with Crippen molar-refractivity contribution in [3.63, 3.8) is 0 Å². The predicted octanol–water partition coefficient (Wildman–Crippen LogP) is 3.88. The molecule has 0 spiro atoms. The van der Waals surface area contributed by atoms with E-state index in [2.05, 4.69) is 16.0 Å². The minimum absolute atomic E-state index is 0.00391. The van der Waals surface area contributed by atoms with Crippen molar-refractivity contribution in [3.8, 4) is 0 Å². The first kappa shape index (κ1) is 47.5. The number of hydrogen-bond donors (Lipinski definition) is 4. The van der Waals surface area contributed by atoms with Gasteiger partial charge in [0.15, 0.2) is 0 Å². The van der Waals surface area contributed by atoms with Gasteiger partial charge in [-0.05, 0) is 55.7 Å².